The topological polar surface area (TPSA) is 76.9 Å². The van der Waals surface area contributed by atoms with Crippen molar-refractivity contribution in [2.75, 3.05) is 0 Å². The van der Waals surface area contributed by atoms with Crippen molar-refractivity contribution in [1.29, 1.82) is 0 Å². The van der Waals surface area contributed by atoms with E-state index in [1.54, 1.807) is 0 Å². The number of nitrogens with zero attached hydrogens (tertiary/aromatic N) is 2. The average molecular weight is 668 g/mol. The Morgan fingerprint density at radius 3 is 1.41 bits per heavy atom. The molecule has 0 radical (unpaired) electrons. The van der Waals surface area contributed by atoms with Gasteiger partial charge in [-0.1, -0.05) is 12.1 Å². The summed E-state index contributed by atoms with van der Waals surface area (Å²) in [5.74, 6) is -38.1. The van der Waals surface area contributed by atoms with Gasteiger partial charge in [-0.25, -0.2) is 0 Å². The van der Waals surface area contributed by atoms with Crippen LogP contribution >= 0.6 is 0 Å². The molecule has 0 saturated heterocycles. The van der Waals surface area contributed by atoms with Gasteiger partial charge in [-0.15, -0.1) is 0 Å². The van der Waals surface area contributed by atoms with Crippen LogP contribution in [0.4, 0.5) is 70.2 Å². The van der Waals surface area contributed by atoms with Gasteiger partial charge < -0.3 is 15.7 Å². The summed E-state index contributed by atoms with van der Waals surface area (Å²) in [5.41, 5.74) is 4.13. The second-order valence-corrected chi connectivity index (χ2v) is 9.22. The molecule has 44 heavy (non-hydrogen) atoms. The van der Waals surface area contributed by atoms with E-state index >= 15 is 0 Å². The average Bonchev–Trinajstić information content (AvgIpc) is 2.90. The lowest BCUT2D eigenvalue weighted by molar-refractivity contribution is -0.440. The van der Waals surface area contributed by atoms with E-state index in [-0.39, 0.29) is 22.8 Å². The number of hydrogen-bond donors (Lipinski definition) is 2. The van der Waals surface area contributed by atoms with Crippen LogP contribution < -0.4 is 0 Å². The van der Waals surface area contributed by atoms with Crippen molar-refractivity contribution in [1.82, 2.24) is 0 Å². The fourth-order valence-corrected chi connectivity index (χ4v) is 3.79. The molecule has 0 fully saturated rings. The Bertz CT molecular complexity index is 1390. The molecule has 0 amide bonds. The molecule has 0 aliphatic heterocycles. The molecule has 246 valence electrons. The Morgan fingerprint density at radius 1 is 0.568 bits per heavy atom. The Hall–Kier alpha value is -3.38. The van der Waals surface area contributed by atoms with Crippen LogP contribution in [0.2, 0.25) is 0 Å². The summed E-state index contributed by atoms with van der Waals surface area (Å²) in [4.78, 5) is 2.02. The molecule has 20 heteroatoms. The quantitative estimate of drug-likeness (QED) is 0.112. The third kappa shape index (κ3) is 6.51. The van der Waals surface area contributed by atoms with E-state index in [4.69, 9.17) is 5.53 Å². The highest BCUT2D eigenvalue weighted by atomic mass is 19.4. The van der Waals surface area contributed by atoms with E-state index in [9.17, 15) is 80.5 Å². The minimum atomic E-state index is -8.11. The summed E-state index contributed by atoms with van der Waals surface area (Å²) < 4.78 is 215. The Kier molecular flexibility index (Phi) is 9.91. The Morgan fingerprint density at radius 2 is 1.00 bits per heavy atom. The van der Waals surface area contributed by atoms with Gasteiger partial charge in [-0.3, -0.25) is 0 Å². The fraction of sp³-hybridized carbons (Fsp3) is 0.458. The summed E-state index contributed by atoms with van der Waals surface area (Å²) >= 11 is 0. The monoisotopic (exact) mass is 668 g/mol. The van der Waals surface area contributed by atoms with E-state index in [1.807, 2.05) is 4.79 Å². The molecular formula is C24H16F16N2O2. The summed E-state index contributed by atoms with van der Waals surface area (Å²) in [5, 5.41) is 18.8. The minimum Gasteiger partial charge on any atom is -0.392 e. The van der Waals surface area contributed by atoms with Gasteiger partial charge in [0.15, 0.2) is 0 Å². The summed E-state index contributed by atoms with van der Waals surface area (Å²) in [7, 11) is 0. The number of rotatable bonds is 11. The fourth-order valence-electron chi connectivity index (χ4n) is 3.79. The van der Waals surface area contributed by atoms with Gasteiger partial charge in [-0.05, 0) is 58.5 Å². The number of aliphatic hydroxyl groups excluding tert-OH is 2. The first-order chi connectivity index (χ1) is 19.7. The van der Waals surface area contributed by atoms with Crippen molar-refractivity contribution in [3.05, 3.63) is 64.2 Å². The maximum Gasteiger partial charge on any atom is 0.495 e. The molecule has 0 atom stereocenters. The molecule has 2 rings (SSSR count). The molecule has 0 spiro atoms. The predicted octanol–water partition coefficient (Wildman–Crippen LogP) is 7.59. The van der Waals surface area contributed by atoms with Gasteiger partial charge in [0.25, 0.3) is 0 Å². The number of halogens is 16. The van der Waals surface area contributed by atoms with E-state index in [1.165, 1.54) is 6.07 Å². The molecule has 0 aliphatic rings. The van der Waals surface area contributed by atoms with Gasteiger partial charge >= 0.3 is 47.7 Å². The first-order valence-electron chi connectivity index (χ1n) is 11.5. The van der Waals surface area contributed by atoms with Crippen molar-refractivity contribution >= 4 is 5.71 Å². The lowest BCUT2D eigenvalue weighted by atomic mass is 9.89. The number of aliphatic hydroxyl groups is 2. The predicted molar refractivity (Wildman–Crippen MR) is 117 cm³/mol. The molecule has 0 heterocycles. The number of alkyl halides is 16. The maximum atomic E-state index is 14.3. The number of hydrogen-bond acceptors (Lipinski definition) is 2. The normalized spacial score (nSPS) is 14.0. The van der Waals surface area contributed by atoms with Crippen LogP contribution in [0.5, 0.6) is 0 Å². The minimum absolute atomic E-state index is 0.0235. The third-order valence-electron chi connectivity index (χ3n) is 6.11. The lowest BCUT2D eigenvalue weighted by Gasteiger charge is -2.39. The van der Waals surface area contributed by atoms with Crippen LogP contribution in [0.15, 0.2) is 36.4 Å². The zero-order chi connectivity index (χ0) is 34.3. The Balaban J connectivity index is 2.65. The van der Waals surface area contributed by atoms with E-state index in [2.05, 4.69) is 0 Å². The van der Waals surface area contributed by atoms with Crippen molar-refractivity contribution in [3.63, 3.8) is 0 Å². The standard InChI is InChI=1S/C24H16F16N2O2/c25-18(26,20(30,31)21(32,33)22(34,35)23(36,37)24(38,39)40)2-1-11-4-15(8-16(5-11)17(42-41)19(27,28)29)14-6-12(9-43)3-13(7-14)10-44/h3-8,43-44H,1-2,9-10H2. The van der Waals surface area contributed by atoms with Crippen molar-refractivity contribution < 1.29 is 85.2 Å². The zero-order valence-corrected chi connectivity index (χ0v) is 21.1. The van der Waals surface area contributed by atoms with Crippen LogP contribution in [0.1, 0.15) is 28.7 Å². The van der Waals surface area contributed by atoms with E-state index < -0.39 is 90.4 Å². The summed E-state index contributed by atoms with van der Waals surface area (Å²) in [6.07, 6.45) is -17.5. The second-order valence-electron chi connectivity index (χ2n) is 9.22. The first-order valence-corrected chi connectivity index (χ1v) is 11.5. The van der Waals surface area contributed by atoms with Crippen LogP contribution in [-0.4, -0.2) is 62.7 Å². The molecule has 4 nitrogen and oxygen atoms in total. The highest BCUT2D eigenvalue weighted by molar-refractivity contribution is 6.01. The third-order valence-corrected chi connectivity index (χ3v) is 6.11. The van der Waals surface area contributed by atoms with Crippen LogP contribution in [-0.2, 0) is 19.6 Å². The summed E-state index contributed by atoms with van der Waals surface area (Å²) in [6.45, 7) is -1.43. The largest absolute Gasteiger partial charge is 0.495 e. The van der Waals surface area contributed by atoms with Gasteiger partial charge in [0.2, 0.25) is 0 Å². The smallest absolute Gasteiger partial charge is 0.392 e. The molecule has 0 bridgehead atoms. The molecule has 2 N–H and O–H groups in total. The van der Waals surface area contributed by atoms with Crippen molar-refractivity contribution in [2.45, 2.75) is 68.0 Å². The molecule has 0 unspecified atom stereocenters. The van der Waals surface area contributed by atoms with Gasteiger partial charge in [0, 0.05) is 6.42 Å². The van der Waals surface area contributed by atoms with Gasteiger partial charge in [0.05, 0.1) is 18.8 Å². The van der Waals surface area contributed by atoms with Crippen molar-refractivity contribution in [3.8, 4) is 11.1 Å². The maximum absolute atomic E-state index is 14.3. The molecule has 0 aliphatic carbocycles. The van der Waals surface area contributed by atoms with Crippen molar-refractivity contribution in [2.24, 2.45) is 0 Å². The molecule has 0 saturated carbocycles. The SMILES string of the molecule is [N-]=[N+]=C(c1cc(CCC(F)(F)C(F)(F)C(F)(F)C(F)(F)C(F)(F)C(F)(F)F)cc(-c2cc(CO)cc(CO)c2)c1)C(F)(F)F. The Labute approximate surface area is 235 Å². The second kappa shape index (κ2) is 11.8. The first kappa shape index (κ1) is 36.8. The molecule has 2 aromatic carbocycles. The molecule has 2 aromatic rings. The molecule has 0 aromatic heterocycles. The lowest BCUT2D eigenvalue weighted by Crippen LogP contribution is -2.70. The summed E-state index contributed by atoms with van der Waals surface area (Å²) in [6, 6.07) is 4.92. The molecular weight excluding hydrogens is 652 g/mol. The van der Waals surface area contributed by atoms with Gasteiger partial charge in [0.1, 0.15) is 0 Å². The number of aryl methyl sites for hydroxylation is 1. The van der Waals surface area contributed by atoms with Gasteiger partial charge in [-0.2, -0.15) is 75.0 Å². The number of benzene rings is 2. The highest BCUT2D eigenvalue weighted by Gasteiger charge is 2.90. The zero-order valence-electron chi connectivity index (χ0n) is 21.1. The highest BCUT2D eigenvalue weighted by Crippen LogP contribution is 2.60. The van der Waals surface area contributed by atoms with E-state index in [0.717, 1.165) is 12.1 Å². The van der Waals surface area contributed by atoms with E-state index in [0.29, 0.717) is 12.1 Å². The van der Waals surface area contributed by atoms with Crippen LogP contribution in [0, 0.1) is 0 Å². The van der Waals surface area contributed by atoms with Crippen LogP contribution in [0.25, 0.3) is 16.7 Å². The van der Waals surface area contributed by atoms with Crippen LogP contribution in [0.3, 0.4) is 0 Å².